The van der Waals surface area contributed by atoms with Crippen molar-refractivity contribution >= 4 is 6.09 Å². The van der Waals surface area contributed by atoms with Gasteiger partial charge in [-0.3, -0.25) is 9.80 Å². The van der Waals surface area contributed by atoms with E-state index >= 15 is 0 Å². The Morgan fingerprint density at radius 1 is 1.32 bits per heavy atom. The van der Waals surface area contributed by atoms with Gasteiger partial charge in [0.2, 0.25) is 0 Å². The zero-order chi connectivity index (χ0) is 16.5. The van der Waals surface area contributed by atoms with Gasteiger partial charge in [0.05, 0.1) is 6.04 Å². The van der Waals surface area contributed by atoms with Gasteiger partial charge in [-0.2, -0.15) is 0 Å². The second-order valence-electron chi connectivity index (χ2n) is 7.03. The zero-order valence-electron chi connectivity index (χ0n) is 14.2. The molecule has 0 saturated carbocycles. The molecule has 0 fully saturated rings. The lowest BCUT2D eigenvalue weighted by atomic mass is 9.98. The van der Waals surface area contributed by atoms with Gasteiger partial charge >= 0.3 is 6.09 Å². The second-order valence-corrected chi connectivity index (χ2v) is 7.03. The molecule has 1 aliphatic rings. The number of carbonyl (C=O) groups excluding carboxylic acids is 1. The van der Waals surface area contributed by atoms with Crippen molar-refractivity contribution < 1.29 is 9.53 Å². The first kappa shape index (κ1) is 16.8. The van der Waals surface area contributed by atoms with Gasteiger partial charge in [-0.1, -0.05) is 24.3 Å². The van der Waals surface area contributed by atoms with Crippen LogP contribution in [0.1, 0.15) is 37.9 Å². The molecule has 22 heavy (non-hydrogen) atoms. The number of carbonyl (C=O) groups is 1. The van der Waals surface area contributed by atoms with Crippen LogP contribution in [0.15, 0.2) is 24.3 Å². The third-order valence-electron chi connectivity index (χ3n) is 3.83. The highest BCUT2D eigenvalue weighted by molar-refractivity contribution is 5.69. The van der Waals surface area contributed by atoms with Crippen LogP contribution in [0.25, 0.3) is 0 Å². The Morgan fingerprint density at radius 2 is 1.95 bits per heavy atom. The number of nitrogens with two attached hydrogens (primary N) is 1. The van der Waals surface area contributed by atoms with Crippen molar-refractivity contribution in [3.8, 4) is 0 Å². The highest BCUT2D eigenvalue weighted by Crippen LogP contribution is 2.29. The minimum atomic E-state index is -0.517. The maximum absolute atomic E-state index is 12.6. The first-order valence-electron chi connectivity index (χ1n) is 7.70. The third kappa shape index (κ3) is 3.59. The highest BCUT2D eigenvalue weighted by atomic mass is 16.6. The molecule has 1 amide bonds. The Labute approximate surface area is 133 Å². The van der Waals surface area contributed by atoms with Crippen molar-refractivity contribution in [2.75, 3.05) is 20.6 Å². The molecule has 2 unspecified atom stereocenters. The fourth-order valence-electron chi connectivity index (χ4n) is 2.93. The summed E-state index contributed by atoms with van der Waals surface area (Å²) in [5, 5.41) is 0. The molecule has 5 nitrogen and oxygen atoms in total. The lowest BCUT2D eigenvalue weighted by molar-refractivity contribution is -0.00706. The van der Waals surface area contributed by atoms with Crippen LogP contribution in [0.4, 0.5) is 4.79 Å². The van der Waals surface area contributed by atoms with E-state index in [2.05, 4.69) is 12.1 Å². The van der Waals surface area contributed by atoms with Crippen LogP contribution in [0.5, 0.6) is 0 Å². The summed E-state index contributed by atoms with van der Waals surface area (Å²) in [6, 6.07) is 7.88. The number of likely N-dealkylation sites (N-methyl/N-ethyl adjacent to an activating group) is 1. The maximum Gasteiger partial charge on any atom is 0.411 e. The van der Waals surface area contributed by atoms with Crippen molar-refractivity contribution in [1.29, 1.82) is 0 Å². The summed E-state index contributed by atoms with van der Waals surface area (Å²) in [5.74, 6) is 0. The van der Waals surface area contributed by atoms with Gasteiger partial charge in [-0.15, -0.1) is 0 Å². The van der Waals surface area contributed by atoms with Gasteiger partial charge in [-0.25, -0.2) is 4.79 Å². The predicted octanol–water partition coefficient (Wildman–Crippen LogP) is 2.37. The summed E-state index contributed by atoms with van der Waals surface area (Å²) in [6.07, 6.45) is 0.251. The Hall–Kier alpha value is -1.59. The first-order valence-corrected chi connectivity index (χ1v) is 7.70. The lowest BCUT2D eigenvalue weighted by Gasteiger charge is -2.38. The SMILES string of the molecule is CN(C)C1C(N)c2ccccc2CCN1C(=O)OC(C)(C)C. The molecule has 0 radical (unpaired) electrons. The summed E-state index contributed by atoms with van der Waals surface area (Å²) in [4.78, 5) is 16.3. The molecule has 0 aromatic heterocycles. The predicted molar refractivity (Wildman–Crippen MR) is 87.5 cm³/mol. The van der Waals surface area contributed by atoms with Crippen molar-refractivity contribution in [3.63, 3.8) is 0 Å². The van der Waals surface area contributed by atoms with E-state index in [1.807, 2.05) is 51.9 Å². The van der Waals surface area contributed by atoms with Crippen molar-refractivity contribution in [2.24, 2.45) is 5.73 Å². The average molecular weight is 305 g/mol. The summed E-state index contributed by atoms with van der Waals surface area (Å²) < 4.78 is 5.57. The number of hydrogen-bond donors (Lipinski definition) is 1. The van der Waals surface area contributed by atoms with Gasteiger partial charge in [0.1, 0.15) is 11.8 Å². The Kier molecular flexibility index (Phi) is 4.78. The molecule has 1 aliphatic heterocycles. The van der Waals surface area contributed by atoms with Crippen LogP contribution in [0.2, 0.25) is 0 Å². The van der Waals surface area contributed by atoms with Gasteiger partial charge in [0.15, 0.2) is 0 Å². The number of hydrogen-bond acceptors (Lipinski definition) is 4. The van der Waals surface area contributed by atoms with Crippen LogP contribution in [-0.2, 0) is 11.2 Å². The van der Waals surface area contributed by atoms with Gasteiger partial charge < -0.3 is 10.5 Å². The van der Waals surface area contributed by atoms with E-state index in [4.69, 9.17) is 10.5 Å². The van der Waals surface area contributed by atoms with Crippen LogP contribution >= 0.6 is 0 Å². The molecule has 0 saturated heterocycles. The summed E-state index contributed by atoms with van der Waals surface area (Å²) >= 11 is 0. The van der Waals surface area contributed by atoms with E-state index in [9.17, 15) is 4.79 Å². The van der Waals surface area contributed by atoms with Crippen LogP contribution in [0.3, 0.4) is 0 Å². The largest absolute Gasteiger partial charge is 0.444 e. The van der Waals surface area contributed by atoms with E-state index in [1.165, 1.54) is 5.56 Å². The van der Waals surface area contributed by atoms with Crippen LogP contribution in [0, 0.1) is 0 Å². The van der Waals surface area contributed by atoms with Gasteiger partial charge in [0, 0.05) is 6.54 Å². The molecule has 2 N–H and O–H groups in total. The summed E-state index contributed by atoms with van der Waals surface area (Å²) in [5.41, 5.74) is 8.28. The van der Waals surface area contributed by atoms with Gasteiger partial charge in [-0.05, 0) is 52.4 Å². The topological polar surface area (TPSA) is 58.8 Å². The third-order valence-corrected chi connectivity index (χ3v) is 3.83. The second kappa shape index (κ2) is 6.26. The van der Waals surface area contributed by atoms with E-state index in [0.29, 0.717) is 6.54 Å². The minimum Gasteiger partial charge on any atom is -0.444 e. The van der Waals surface area contributed by atoms with E-state index in [1.54, 1.807) is 4.90 Å². The van der Waals surface area contributed by atoms with E-state index in [-0.39, 0.29) is 18.3 Å². The number of amides is 1. The summed E-state index contributed by atoms with van der Waals surface area (Å²) in [6.45, 7) is 6.23. The molecule has 122 valence electrons. The van der Waals surface area contributed by atoms with Crippen molar-refractivity contribution in [2.45, 2.75) is 45.0 Å². The number of benzene rings is 1. The number of ether oxygens (including phenoxy) is 1. The fourth-order valence-corrected chi connectivity index (χ4v) is 2.93. The Balaban J connectivity index is 2.34. The molecular formula is C17H27N3O2. The first-order chi connectivity index (χ1) is 10.2. The molecule has 1 aromatic carbocycles. The smallest absolute Gasteiger partial charge is 0.411 e. The standard InChI is InChI=1S/C17H27N3O2/c1-17(2,3)22-16(21)20-11-10-12-8-6-7-9-13(12)14(18)15(20)19(4)5/h6-9,14-15H,10-11,18H2,1-5H3. The van der Waals surface area contributed by atoms with Crippen molar-refractivity contribution in [3.05, 3.63) is 35.4 Å². The normalized spacial score (nSPS) is 22.2. The molecule has 1 heterocycles. The maximum atomic E-state index is 12.6. The van der Waals surface area contributed by atoms with Crippen LogP contribution in [-0.4, -0.2) is 48.3 Å². The van der Waals surface area contributed by atoms with Crippen molar-refractivity contribution in [1.82, 2.24) is 9.80 Å². The van der Waals surface area contributed by atoms with E-state index in [0.717, 1.165) is 12.0 Å². The Morgan fingerprint density at radius 3 is 2.55 bits per heavy atom. The quantitative estimate of drug-likeness (QED) is 0.865. The highest BCUT2D eigenvalue weighted by Gasteiger charge is 2.36. The molecule has 2 rings (SSSR count). The molecule has 0 bridgehead atoms. The van der Waals surface area contributed by atoms with Gasteiger partial charge in [0.25, 0.3) is 0 Å². The average Bonchev–Trinajstić information content (AvgIpc) is 2.54. The number of nitrogens with zero attached hydrogens (tertiary/aromatic N) is 2. The monoisotopic (exact) mass is 305 g/mol. The molecular weight excluding hydrogens is 278 g/mol. The molecule has 1 aromatic rings. The molecule has 2 atom stereocenters. The fraction of sp³-hybridized carbons (Fsp3) is 0.588. The molecule has 0 spiro atoms. The van der Waals surface area contributed by atoms with E-state index < -0.39 is 5.60 Å². The van der Waals surface area contributed by atoms with Crippen LogP contribution < -0.4 is 5.73 Å². The summed E-state index contributed by atoms with van der Waals surface area (Å²) in [7, 11) is 3.88. The molecule has 0 aliphatic carbocycles. The Bertz CT molecular complexity index is 537. The number of fused-ring (bicyclic) bond motifs is 1. The number of rotatable bonds is 1. The minimum absolute atomic E-state index is 0.224. The lowest BCUT2D eigenvalue weighted by Crippen LogP contribution is -2.54. The zero-order valence-corrected chi connectivity index (χ0v) is 14.2. The molecule has 5 heteroatoms.